The second-order valence-corrected chi connectivity index (χ2v) is 9.28. The van der Waals surface area contributed by atoms with Gasteiger partial charge in [-0.25, -0.2) is 4.98 Å². The zero-order chi connectivity index (χ0) is 20.8. The van der Waals surface area contributed by atoms with Crippen molar-refractivity contribution in [2.75, 3.05) is 11.4 Å². The molecule has 0 saturated heterocycles. The number of hydrogen-bond donors (Lipinski definition) is 1. The molecule has 3 aromatic rings. The average Bonchev–Trinajstić information content (AvgIpc) is 3.13. The molecule has 0 spiro atoms. The number of thiazole rings is 1. The van der Waals surface area contributed by atoms with Crippen LogP contribution in [0.4, 0.5) is 5.13 Å². The maximum atomic E-state index is 5.99. The Morgan fingerprint density at radius 1 is 1.24 bits per heavy atom. The van der Waals surface area contributed by atoms with E-state index in [4.69, 9.17) is 28.8 Å². The van der Waals surface area contributed by atoms with Crippen LogP contribution in [0.15, 0.2) is 61.2 Å². The Hall–Kier alpha value is -1.95. The standard InChI is InChI=1S/C23H26ClN3S2/c1-4-13-27(23-26-19-7-5-6-8-21(19)29-23)20(14-16(2)3)22(28)25-15-17-9-11-18(24)12-10-17/h4-12,16,20H,1,13-15H2,2-3H3,(H,25,28). The molecular weight excluding hydrogens is 418 g/mol. The van der Waals surface area contributed by atoms with Crippen LogP contribution >= 0.6 is 35.2 Å². The van der Waals surface area contributed by atoms with Gasteiger partial charge >= 0.3 is 0 Å². The monoisotopic (exact) mass is 443 g/mol. The third-order valence-corrected chi connectivity index (χ3v) is 6.35. The van der Waals surface area contributed by atoms with Gasteiger partial charge in [0.2, 0.25) is 0 Å². The highest BCUT2D eigenvalue weighted by atomic mass is 35.5. The number of benzene rings is 2. The molecular formula is C23H26ClN3S2. The molecule has 1 atom stereocenters. The van der Waals surface area contributed by atoms with Crippen molar-refractivity contribution in [2.45, 2.75) is 32.9 Å². The molecule has 152 valence electrons. The number of anilines is 1. The van der Waals surface area contributed by atoms with E-state index in [1.54, 1.807) is 11.3 Å². The van der Waals surface area contributed by atoms with Crippen LogP contribution in [0, 0.1) is 5.92 Å². The van der Waals surface area contributed by atoms with Crippen molar-refractivity contribution in [1.82, 2.24) is 10.3 Å². The van der Waals surface area contributed by atoms with E-state index in [1.165, 1.54) is 4.70 Å². The zero-order valence-electron chi connectivity index (χ0n) is 16.8. The van der Waals surface area contributed by atoms with Gasteiger partial charge in [-0.3, -0.25) is 0 Å². The summed E-state index contributed by atoms with van der Waals surface area (Å²) >= 11 is 13.5. The van der Waals surface area contributed by atoms with E-state index in [0.717, 1.165) is 32.6 Å². The second-order valence-electron chi connectivity index (χ2n) is 7.39. The minimum absolute atomic E-state index is 0.0517. The summed E-state index contributed by atoms with van der Waals surface area (Å²) in [7, 11) is 0. The van der Waals surface area contributed by atoms with Gasteiger partial charge in [-0.15, -0.1) is 6.58 Å². The third-order valence-electron chi connectivity index (χ3n) is 4.61. The van der Waals surface area contributed by atoms with Crippen LogP contribution in [0.5, 0.6) is 0 Å². The molecule has 1 heterocycles. The van der Waals surface area contributed by atoms with Gasteiger partial charge in [0, 0.05) is 18.1 Å². The average molecular weight is 444 g/mol. The number of thiocarbonyl (C=S) groups is 1. The largest absolute Gasteiger partial charge is 0.374 e. The number of halogens is 1. The van der Waals surface area contributed by atoms with Crippen molar-refractivity contribution in [3.8, 4) is 0 Å². The predicted octanol–water partition coefficient (Wildman–Crippen LogP) is 6.47. The quantitative estimate of drug-likeness (QED) is 0.303. The lowest BCUT2D eigenvalue weighted by atomic mass is 10.0. The first kappa shape index (κ1) is 21.8. The Labute approximate surface area is 187 Å². The fraction of sp³-hybridized carbons (Fsp3) is 0.304. The molecule has 0 aliphatic carbocycles. The first-order valence-electron chi connectivity index (χ1n) is 9.73. The van der Waals surface area contributed by atoms with Gasteiger partial charge in [-0.1, -0.05) is 79.3 Å². The van der Waals surface area contributed by atoms with Crippen LogP contribution in [0.25, 0.3) is 10.2 Å². The summed E-state index contributed by atoms with van der Waals surface area (Å²) in [6.07, 6.45) is 2.86. The highest BCUT2D eigenvalue weighted by molar-refractivity contribution is 7.80. The van der Waals surface area contributed by atoms with Crippen LogP contribution < -0.4 is 10.2 Å². The number of nitrogens with zero attached hydrogens (tertiary/aromatic N) is 2. The topological polar surface area (TPSA) is 28.2 Å². The highest BCUT2D eigenvalue weighted by Crippen LogP contribution is 2.31. The van der Waals surface area contributed by atoms with E-state index < -0.39 is 0 Å². The zero-order valence-corrected chi connectivity index (χ0v) is 19.2. The summed E-state index contributed by atoms with van der Waals surface area (Å²) < 4.78 is 1.18. The lowest BCUT2D eigenvalue weighted by Crippen LogP contribution is -2.47. The molecule has 2 aromatic carbocycles. The van der Waals surface area contributed by atoms with E-state index in [2.05, 4.69) is 42.8 Å². The van der Waals surface area contributed by atoms with Gasteiger partial charge in [-0.05, 0) is 42.2 Å². The van der Waals surface area contributed by atoms with Gasteiger partial charge in [0.1, 0.15) is 0 Å². The van der Waals surface area contributed by atoms with Crippen molar-refractivity contribution >= 4 is 55.5 Å². The number of rotatable bonds is 9. The normalized spacial score (nSPS) is 12.1. The fourth-order valence-corrected chi connectivity index (χ4v) is 4.64. The maximum Gasteiger partial charge on any atom is 0.187 e. The molecule has 1 N–H and O–H groups in total. The fourth-order valence-electron chi connectivity index (χ4n) is 3.19. The molecule has 0 aliphatic rings. The van der Waals surface area contributed by atoms with Gasteiger partial charge in [0.05, 0.1) is 21.2 Å². The Kier molecular flexibility index (Phi) is 7.64. The molecule has 6 heteroatoms. The Bertz CT molecular complexity index is 933. The second kappa shape index (κ2) is 10.2. The van der Waals surface area contributed by atoms with Crippen LogP contribution in [0.1, 0.15) is 25.8 Å². The van der Waals surface area contributed by atoms with Gasteiger partial charge in [0.25, 0.3) is 0 Å². The number of para-hydroxylation sites is 1. The summed E-state index contributed by atoms with van der Waals surface area (Å²) in [5.74, 6) is 0.497. The van der Waals surface area contributed by atoms with Crippen molar-refractivity contribution in [3.63, 3.8) is 0 Å². The van der Waals surface area contributed by atoms with E-state index in [-0.39, 0.29) is 6.04 Å². The van der Waals surface area contributed by atoms with Crippen molar-refractivity contribution in [1.29, 1.82) is 0 Å². The number of hydrogen-bond acceptors (Lipinski definition) is 4. The smallest absolute Gasteiger partial charge is 0.187 e. The first-order valence-corrected chi connectivity index (χ1v) is 11.3. The van der Waals surface area contributed by atoms with E-state index in [0.29, 0.717) is 19.0 Å². The van der Waals surface area contributed by atoms with Crippen LogP contribution in [-0.4, -0.2) is 22.6 Å². The summed E-state index contributed by atoms with van der Waals surface area (Å²) in [4.78, 5) is 7.97. The lowest BCUT2D eigenvalue weighted by molar-refractivity contribution is 0.535. The first-order chi connectivity index (χ1) is 14.0. The summed E-state index contributed by atoms with van der Waals surface area (Å²) in [6.45, 7) is 9.77. The summed E-state index contributed by atoms with van der Waals surface area (Å²) in [5.41, 5.74) is 2.17. The number of aromatic nitrogens is 1. The van der Waals surface area contributed by atoms with Gasteiger partial charge in [0.15, 0.2) is 5.13 Å². The minimum Gasteiger partial charge on any atom is -0.374 e. The van der Waals surface area contributed by atoms with Crippen LogP contribution in [-0.2, 0) is 6.54 Å². The SMILES string of the molecule is C=CCN(c1nc2ccccc2s1)C(CC(C)C)C(=S)NCc1ccc(Cl)cc1. The Balaban J connectivity index is 1.83. The van der Waals surface area contributed by atoms with E-state index in [1.807, 2.05) is 42.5 Å². The minimum atomic E-state index is 0.0517. The molecule has 3 nitrogen and oxygen atoms in total. The molecule has 0 bridgehead atoms. The molecule has 0 fully saturated rings. The Morgan fingerprint density at radius 2 is 1.97 bits per heavy atom. The third kappa shape index (κ3) is 5.78. The molecule has 0 saturated carbocycles. The van der Waals surface area contributed by atoms with Crippen molar-refractivity contribution < 1.29 is 0 Å². The molecule has 0 aliphatic heterocycles. The molecule has 3 rings (SSSR count). The highest BCUT2D eigenvalue weighted by Gasteiger charge is 2.26. The maximum absolute atomic E-state index is 5.99. The molecule has 1 unspecified atom stereocenters. The van der Waals surface area contributed by atoms with Crippen molar-refractivity contribution in [2.24, 2.45) is 5.92 Å². The number of fused-ring (bicyclic) bond motifs is 1. The predicted molar refractivity (Wildman–Crippen MR) is 131 cm³/mol. The van der Waals surface area contributed by atoms with Gasteiger partial charge < -0.3 is 10.2 Å². The van der Waals surface area contributed by atoms with Gasteiger partial charge in [-0.2, -0.15) is 0 Å². The molecule has 0 radical (unpaired) electrons. The molecule has 0 amide bonds. The number of nitrogens with one attached hydrogen (secondary N) is 1. The van der Waals surface area contributed by atoms with Crippen LogP contribution in [0.2, 0.25) is 5.02 Å². The molecule has 1 aromatic heterocycles. The summed E-state index contributed by atoms with van der Waals surface area (Å²) in [5, 5.41) is 5.17. The van der Waals surface area contributed by atoms with E-state index in [9.17, 15) is 0 Å². The van der Waals surface area contributed by atoms with Crippen molar-refractivity contribution in [3.05, 3.63) is 71.8 Å². The lowest BCUT2D eigenvalue weighted by Gasteiger charge is -2.32. The Morgan fingerprint density at radius 3 is 2.62 bits per heavy atom. The molecule has 29 heavy (non-hydrogen) atoms. The van der Waals surface area contributed by atoms with E-state index >= 15 is 0 Å². The van der Waals surface area contributed by atoms with Crippen LogP contribution in [0.3, 0.4) is 0 Å². The summed E-state index contributed by atoms with van der Waals surface area (Å²) in [6, 6.07) is 16.1.